The van der Waals surface area contributed by atoms with E-state index >= 15 is 0 Å². The zero-order valence-electron chi connectivity index (χ0n) is 15.7. The smallest absolute Gasteiger partial charge is 0.237 e. The quantitative estimate of drug-likeness (QED) is 0.637. The van der Waals surface area contributed by atoms with Crippen molar-refractivity contribution in [3.8, 4) is 11.5 Å². The van der Waals surface area contributed by atoms with E-state index in [9.17, 15) is 4.79 Å². The van der Waals surface area contributed by atoms with Gasteiger partial charge in [-0.1, -0.05) is 19.4 Å². The predicted molar refractivity (Wildman–Crippen MR) is 104 cm³/mol. The first-order valence-corrected chi connectivity index (χ1v) is 9.06. The van der Waals surface area contributed by atoms with Crippen LogP contribution in [0.3, 0.4) is 0 Å². The number of methoxy groups -OCH3 is 1. The van der Waals surface area contributed by atoms with Crippen LogP contribution in [0.5, 0.6) is 11.5 Å². The molecule has 1 amide bonds. The minimum atomic E-state index is -0.484. The minimum Gasteiger partial charge on any atom is -0.493 e. The van der Waals surface area contributed by atoms with Gasteiger partial charge in [-0.05, 0) is 42.9 Å². The number of ether oxygens (including phenoxy) is 3. The Morgan fingerprint density at radius 2 is 2.08 bits per heavy atom. The number of amides is 1. The third kappa shape index (κ3) is 6.67. The van der Waals surface area contributed by atoms with Crippen molar-refractivity contribution in [3.63, 3.8) is 0 Å². The van der Waals surface area contributed by atoms with E-state index in [1.54, 1.807) is 7.11 Å². The number of halogens is 1. The van der Waals surface area contributed by atoms with E-state index in [1.165, 1.54) is 0 Å². The van der Waals surface area contributed by atoms with E-state index in [0.29, 0.717) is 32.1 Å². The lowest BCUT2D eigenvalue weighted by Gasteiger charge is -2.26. The van der Waals surface area contributed by atoms with E-state index < -0.39 is 6.04 Å². The van der Waals surface area contributed by atoms with Gasteiger partial charge < -0.3 is 25.3 Å². The highest BCUT2D eigenvalue weighted by Gasteiger charge is 2.26. The third-order valence-corrected chi connectivity index (χ3v) is 4.53. The Kier molecular flexibility index (Phi) is 10.4. The van der Waals surface area contributed by atoms with E-state index in [-0.39, 0.29) is 24.2 Å². The number of nitrogens with two attached hydrogens (primary N) is 1. The molecule has 1 heterocycles. The molecule has 3 N–H and O–H groups in total. The Bertz CT molecular complexity index is 550. The van der Waals surface area contributed by atoms with Crippen molar-refractivity contribution in [1.82, 2.24) is 5.32 Å². The van der Waals surface area contributed by atoms with Crippen molar-refractivity contribution >= 4 is 18.3 Å². The molecule has 1 saturated heterocycles. The van der Waals surface area contributed by atoms with E-state index in [4.69, 9.17) is 19.9 Å². The van der Waals surface area contributed by atoms with Gasteiger partial charge in [0.25, 0.3) is 0 Å². The summed E-state index contributed by atoms with van der Waals surface area (Å²) in [5, 5.41) is 2.92. The molecule has 0 spiro atoms. The average molecular weight is 387 g/mol. The van der Waals surface area contributed by atoms with Crippen LogP contribution >= 0.6 is 12.4 Å². The maximum absolute atomic E-state index is 12.3. The van der Waals surface area contributed by atoms with Crippen LogP contribution < -0.4 is 20.5 Å². The number of benzene rings is 1. The largest absolute Gasteiger partial charge is 0.493 e. The standard InChI is InChI=1S/C19H30N2O4.ClH/c1-3-4-9-25-16-6-5-14(12-17(16)23-2)13-21-19(22)18(20)15-7-10-24-11-8-15;/h5-6,12,15,18H,3-4,7-11,13,20H2,1-2H3,(H,21,22);1H. The van der Waals surface area contributed by atoms with Crippen LogP contribution in [-0.4, -0.2) is 38.9 Å². The molecule has 1 fully saturated rings. The Morgan fingerprint density at radius 1 is 1.35 bits per heavy atom. The molecule has 0 bridgehead atoms. The molecular weight excluding hydrogens is 356 g/mol. The molecule has 1 aromatic rings. The first kappa shape index (κ1) is 22.5. The second kappa shape index (κ2) is 12.0. The van der Waals surface area contributed by atoms with Crippen LogP contribution in [0.25, 0.3) is 0 Å². The Labute approximate surface area is 162 Å². The highest BCUT2D eigenvalue weighted by Crippen LogP contribution is 2.28. The summed E-state index contributed by atoms with van der Waals surface area (Å²) >= 11 is 0. The van der Waals surface area contributed by atoms with Gasteiger partial charge in [0, 0.05) is 19.8 Å². The predicted octanol–water partition coefficient (Wildman–Crippen LogP) is 2.67. The maximum atomic E-state index is 12.3. The third-order valence-electron chi connectivity index (χ3n) is 4.53. The summed E-state index contributed by atoms with van der Waals surface area (Å²) in [7, 11) is 1.62. The normalized spacial score (nSPS) is 15.7. The van der Waals surface area contributed by atoms with Crippen LogP contribution in [0, 0.1) is 5.92 Å². The first-order valence-electron chi connectivity index (χ1n) is 9.06. The molecule has 6 nitrogen and oxygen atoms in total. The fourth-order valence-corrected chi connectivity index (χ4v) is 2.86. The molecule has 0 saturated carbocycles. The van der Waals surface area contributed by atoms with E-state index in [1.807, 2.05) is 18.2 Å². The van der Waals surface area contributed by atoms with Crippen molar-refractivity contribution in [2.45, 2.75) is 45.2 Å². The zero-order valence-corrected chi connectivity index (χ0v) is 16.5. The van der Waals surface area contributed by atoms with E-state index in [2.05, 4.69) is 12.2 Å². The summed E-state index contributed by atoms with van der Waals surface area (Å²) < 4.78 is 16.4. The highest BCUT2D eigenvalue weighted by atomic mass is 35.5. The van der Waals surface area contributed by atoms with Crippen LogP contribution in [0.15, 0.2) is 18.2 Å². The lowest BCUT2D eigenvalue weighted by Crippen LogP contribution is -2.46. The fraction of sp³-hybridized carbons (Fsp3) is 0.632. The number of carbonyl (C=O) groups excluding carboxylic acids is 1. The Hall–Kier alpha value is -1.50. The molecule has 1 aliphatic rings. The van der Waals surface area contributed by atoms with Crippen LogP contribution in [0.2, 0.25) is 0 Å². The molecule has 0 aliphatic carbocycles. The topological polar surface area (TPSA) is 82.8 Å². The van der Waals surface area contributed by atoms with Crippen LogP contribution in [0.4, 0.5) is 0 Å². The molecule has 0 radical (unpaired) electrons. The maximum Gasteiger partial charge on any atom is 0.237 e. The molecule has 26 heavy (non-hydrogen) atoms. The molecule has 1 aliphatic heterocycles. The number of hydrogen-bond acceptors (Lipinski definition) is 5. The summed E-state index contributed by atoms with van der Waals surface area (Å²) in [6, 6.07) is 5.22. The number of rotatable bonds is 9. The van der Waals surface area contributed by atoms with Gasteiger partial charge in [-0.25, -0.2) is 0 Å². The fourth-order valence-electron chi connectivity index (χ4n) is 2.86. The minimum absolute atomic E-state index is 0. The molecule has 1 unspecified atom stereocenters. The monoisotopic (exact) mass is 386 g/mol. The lowest BCUT2D eigenvalue weighted by atomic mass is 9.92. The van der Waals surface area contributed by atoms with Gasteiger partial charge in [0.1, 0.15) is 0 Å². The second-order valence-corrected chi connectivity index (χ2v) is 6.38. The van der Waals surface area contributed by atoms with Gasteiger partial charge in [0.2, 0.25) is 5.91 Å². The Morgan fingerprint density at radius 3 is 2.73 bits per heavy atom. The van der Waals surface area contributed by atoms with Gasteiger partial charge in [0.05, 0.1) is 19.8 Å². The lowest BCUT2D eigenvalue weighted by molar-refractivity contribution is -0.124. The van der Waals surface area contributed by atoms with Gasteiger partial charge in [0.15, 0.2) is 11.5 Å². The number of carbonyl (C=O) groups is 1. The van der Waals surface area contributed by atoms with Crippen molar-refractivity contribution < 1.29 is 19.0 Å². The average Bonchev–Trinajstić information content (AvgIpc) is 2.67. The van der Waals surface area contributed by atoms with Gasteiger partial charge in [-0.2, -0.15) is 0 Å². The number of hydrogen-bond donors (Lipinski definition) is 2. The van der Waals surface area contributed by atoms with E-state index in [0.717, 1.165) is 37.0 Å². The molecule has 2 rings (SSSR count). The first-order chi connectivity index (χ1) is 12.2. The highest BCUT2D eigenvalue weighted by molar-refractivity contribution is 5.85. The summed E-state index contributed by atoms with van der Waals surface area (Å²) in [5.41, 5.74) is 7.04. The second-order valence-electron chi connectivity index (χ2n) is 6.38. The summed E-state index contributed by atoms with van der Waals surface area (Å²) in [4.78, 5) is 12.3. The number of nitrogens with one attached hydrogen (secondary N) is 1. The van der Waals surface area contributed by atoms with Crippen molar-refractivity contribution in [2.24, 2.45) is 11.7 Å². The molecule has 7 heteroatoms. The SMILES string of the molecule is CCCCOc1ccc(CNC(=O)C(N)C2CCOCC2)cc1OC.Cl. The van der Waals surface area contributed by atoms with Gasteiger partial charge in [-0.3, -0.25) is 4.79 Å². The van der Waals surface area contributed by atoms with Crippen molar-refractivity contribution in [3.05, 3.63) is 23.8 Å². The molecule has 0 aromatic heterocycles. The zero-order chi connectivity index (χ0) is 18.1. The molecular formula is C19H31ClN2O4. The number of unbranched alkanes of at least 4 members (excludes halogenated alkanes) is 1. The van der Waals surface area contributed by atoms with Crippen LogP contribution in [-0.2, 0) is 16.1 Å². The van der Waals surface area contributed by atoms with Crippen molar-refractivity contribution in [2.75, 3.05) is 26.9 Å². The van der Waals surface area contributed by atoms with Gasteiger partial charge >= 0.3 is 0 Å². The molecule has 148 valence electrons. The van der Waals surface area contributed by atoms with Crippen molar-refractivity contribution in [1.29, 1.82) is 0 Å². The van der Waals surface area contributed by atoms with Crippen LogP contribution in [0.1, 0.15) is 38.2 Å². The summed E-state index contributed by atoms with van der Waals surface area (Å²) in [5.74, 6) is 1.48. The Balaban J connectivity index is 0.00000338. The summed E-state index contributed by atoms with van der Waals surface area (Å²) in [6.07, 6.45) is 3.77. The molecule has 1 atom stereocenters. The summed E-state index contributed by atoms with van der Waals surface area (Å²) in [6.45, 7) is 4.58. The van der Waals surface area contributed by atoms with Gasteiger partial charge in [-0.15, -0.1) is 12.4 Å². The molecule has 1 aromatic carbocycles.